The van der Waals surface area contributed by atoms with Crippen molar-refractivity contribution in [3.8, 4) is 0 Å². The molecule has 22 heavy (non-hydrogen) atoms. The van der Waals surface area contributed by atoms with Crippen LogP contribution in [0.15, 0.2) is 4.99 Å². The monoisotopic (exact) mass is 326 g/mol. The van der Waals surface area contributed by atoms with Crippen LogP contribution in [0.4, 0.5) is 0 Å². The maximum Gasteiger partial charge on any atom is 0.191 e. The van der Waals surface area contributed by atoms with Crippen LogP contribution in [-0.4, -0.2) is 61.1 Å². The molecular formula is C17H34N4S. The van der Waals surface area contributed by atoms with E-state index in [0.717, 1.165) is 23.7 Å². The number of aliphatic imine (C=N–C) groups is 1. The van der Waals surface area contributed by atoms with Gasteiger partial charge in [-0.15, -0.1) is 0 Å². The van der Waals surface area contributed by atoms with Crippen molar-refractivity contribution in [3.63, 3.8) is 0 Å². The zero-order valence-electron chi connectivity index (χ0n) is 14.8. The van der Waals surface area contributed by atoms with Crippen LogP contribution in [0.3, 0.4) is 0 Å². The molecular weight excluding hydrogens is 292 g/mol. The molecule has 4 nitrogen and oxygen atoms in total. The van der Waals surface area contributed by atoms with Crippen LogP contribution in [0.2, 0.25) is 0 Å². The number of rotatable bonds is 5. The van der Waals surface area contributed by atoms with Gasteiger partial charge in [0.1, 0.15) is 0 Å². The first-order valence-electron chi connectivity index (χ1n) is 8.86. The third-order valence-electron chi connectivity index (χ3n) is 5.29. The van der Waals surface area contributed by atoms with Crippen molar-refractivity contribution < 1.29 is 0 Å². The van der Waals surface area contributed by atoms with Gasteiger partial charge in [0, 0.05) is 30.9 Å². The Bertz CT molecular complexity index is 353. The fraction of sp³-hybridized carbons (Fsp3) is 0.941. The summed E-state index contributed by atoms with van der Waals surface area (Å²) >= 11 is 2.00. The molecule has 1 aliphatic carbocycles. The molecule has 0 aromatic heterocycles. The van der Waals surface area contributed by atoms with Crippen LogP contribution in [0.25, 0.3) is 0 Å². The van der Waals surface area contributed by atoms with Crippen molar-refractivity contribution in [2.24, 2.45) is 10.9 Å². The summed E-state index contributed by atoms with van der Waals surface area (Å²) < 4.78 is 0. The van der Waals surface area contributed by atoms with Crippen molar-refractivity contribution in [2.75, 3.05) is 32.9 Å². The number of likely N-dealkylation sites (tertiary alicyclic amines) is 1. The van der Waals surface area contributed by atoms with E-state index in [4.69, 9.17) is 0 Å². The van der Waals surface area contributed by atoms with E-state index in [1.807, 2.05) is 18.8 Å². The lowest BCUT2D eigenvalue weighted by molar-refractivity contribution is 0.147. The van der Waals surface area contributed by atoms with Crippen molar-refractivity contribution in [1.29, 1.82) is 0 Å². The van der Waals surface area contributed by atoms with Crippen LogP contribution in [0.1, 0.15) is 46.0 Å². The van der Waals surface area contributed by atoms with Gasteiger partial charge in [-0.1, -0.05) is 6.92 Å². The van der Waals surface area contributed by atoms with Gasteiger partial charge >= 0.3 is 0 Å². The SMILES string of the molecule is CN=C(NCC(C)N1CCC(C)CC1)NC1CCC(SC)C1. The first kappa shape index (κ1) is 17.9. The summed E-state index contributed by atoms with van der Waals surface area (Å²) in [7, 11) is 1.88. The molecule has 0 aromatic carbocycles. The van der Waals surface area contributed by atoms with Gasteiger partial charge < -0.3 is 10.6 Å². The predicted molar refractivity (Wildman–Crippen MR) is 98.9 cm³/mol. The van der Waals surface area contributed by atoms with Gasteiger partial charge in [-0.25, -0.2) is 0 Å². The Hall–Kier alpha value is -0.420. The van der Waals surface area contributed by atoms with Crippen molar-refractivity contribution in [1.82, 2.24) is 15.5 Å². The molecule has 1 aliphatic heterocycles. The average Bonchev–Trinajstić information content (AvgIpc) is 2.99. The normalized spacial score (nSPS) is 29.5. The minimum absolute atomic E-state index is 0.577. The second kappa shape index (κ2) is 9.02. The van der Waals surface area contributed by atoms with Crippen LogP contribution in [0, 0.1) is 5.92 Å². The Kier molecular flexibility index (Phi) is 7.35. The van der Waals surface area contributed by atoms with Gasteiger partial charge in [-0.3, -0.25) is 9.89 Å². The Labute approximate surface area is 140 Å². The van der Waals surface area contributed by atoms with Gasteiger partial charge in [-0.05, 0) is 64.3 Å². The lowest BCUT2D eigenvalue weighted by atomic mass is 9.98. The second-order valence-corrected chi connectivity index (χ2v) is 8.17. The summed E-state index contributed by atoms with van der Waals surface area (Å²) in [6.45, 7) is 8.17. The van der Waals surface area contributed by atoms with Crippen LogP contribution < -0.4 is 10.6 Å². The zero-order chi connectivity index (χ0) is 15.9. The maximum atomic E-state index is 4.40. The molecule has 1 saturated heterocycles. The molecule has 3 unspecified atom stereocenters. The first-order valence-corrected chi connectivity index (χ1v) is 10.1. The molecule has 1 heterocycles. The number of nitrogens with one attached hydrogen (secondary N) is 2. The van der Waals surface area contributed by atoms with E-state index >= 15 is 0 Å². The van der Waals surface area contributed by atoms with Gasteiger partial charge in [0.25, 0.3) is 0 Å². The highest BCUT2D eigenvalue weighted by atomic mass is 32.2. The summed E-state index contributed by atoms with van der Waals surface area (Å²) in [5, 5.41) is 7.95. The van der Waals surface area contributed by atoms with Gasteiger partial charge in [0.15, 0.2) is 5.96 Å². The minimum atomic E-state index is 0.577. The Morgan fingerprint density at radius 1 is 1.27 bits per heavy atom. The minimum Gasteiger partial charge on any atom is -0.355 e. The largest absolute Gasteiger partial charge is 0.355 e. The number of hydrogen-bond donors (Lipinski definition) is 2. The van der Waals surface area contributed by atoms with E-state index in [-0.39, 0.29) is 0 Å². The lowest BCUT2D eigenvalue weighted by Gasteiger charge is -2.35. The summed E-state index contributed by atoms with van der Waals surface area (Å²) in [4.78, 5) is 7.01. The number of thioether (sulfide) groups is 1. The lowest BCUT2D eigenvalue weighted by Crippen LogP contribution is -2.49. The number of guanidine groups is 1. The molecule has 0 aromatic rings. The highest BCUT2D eigenvalue weighted by molar-refractivity contribution is 7.99. The van der Waals surface area contributed by atoms with E-state index in [2.05, 4.69) is 40.6 Å². The highest BCUT2D eigenvalue weighted by Gasteiger charge is 2.25. The molecule has 0 amide bonds. The molecule has 0 bridgehead atoms. The molecule has 0 spiro atoms. The zero-order valence-corrected chi connectivity index (χ0v) is 15.6. The highest BCUT2D eigenvalue weighted by Crippen LogP contribution is 2.28. The smallest absolute Gasteiger partial charge is 0.191 e. The van der Waals surface area contributed by atoms with Crippen molar-refractivity contribution >= 4 is 17.7 Å². The molecule has 3 atom stereocenters. The fourth-order valence-corrected chi connectivity index (χ4v) is 4.31. The number of nitrogens with zero attached hydrogens (tertiary/aromatic N) is 2. The standard InChI is InChI=1S/C17H34N4S/c1-13-7-9-21(10-8-13)14(2)12-19-17(18-3)20-15-5-6-16(11-15)22-4/h13-16H,5-12H2,1-4H3,(H2,18,19,20). The van der Waals surface area contributed by atoms with Gasteiger partial charge in [0.2, 0.25) is 0 Å². The van der Waals surface area contributed by atoms with E-state index in [0.29, 0.717) is 12.1 Å². The fourth-order valence-electron chi connectivity index (χ4n) is 3.52. The quantitative estimate of drug-likeness (QED) is 0.602. The molecule has 5 heteroatoms. The predicted octanol–water partition coefficient (Wildman–Crippen LogP) is 2.56. The molecule has 2 rings (SSSR count). The Morgan fingerprint density at radius 3 is 2.59 bits per heavy atom. The summed E-state index contributed by atoms with van der Waals surface area (Å²) in [6, 6.07) is 1.17. The van der Waals surface area contributed by atoms with E-state index in [1.165, 1.54) is 45.2 Å². The van der Waals surface area contributed by atoms with E-state index < -0.39 is 0 Å². The summed E-state index contributed by atoms with van der Waals surface area (Å²) in [5.41, 5.74) is 0. The topological polar surface area (TPSA) is 39.7 Å². The van der Waals surface area contributed by atoms with Crippen LogP contribution in [-0.2, 0) is 0 Å². The molecule has 2 aliphatic rings. The van der Waals surface area contributed by atoms with Crippen molar-refractivity contribution in [3.05, 3.63) is 0 Å². The summed E-state index contributed by atoms with van der Waals surface area (Å²) in [5.74, 6) is 1.88. The summed E-state index contributed by atoms with van der Waals surface area (Å²) in [6.07, 6.45) is 8.78. The van der Waals surface area contributed by atoms with E-state index in [9.17, 15) is 0 Å². The maximum absolute atomic E-state index is 4.40. The molecule has 2 N–H and O–H groups in total. The average molecular weight is 327 g/mol. The third kappa shape index (κ3) is 5.34. The number of hydrogen-bond acceptors (Lipinski definition) is 3. The first-order chi connectivity index (χ1) is 10.6. The van der Waals surface area contributed by atoms with E-state index in [1.54, 1.807) is 0 Å². The third-order valence-corrected chi connectivity index (χ3v) is 6.38. The Balaban J connectivity index is 1.70. The molecule has 2 fully saturated rings. The molecule has 0 radical (unpaired) electrons. The van der Waals surface area contributed by atoms with Crippen LogP contribution in [0.5, 0.6) is 0 Å². The van der Waals surface area contributed by atoms with Crippen LogP contribution >= 0.6 is 11.8 Å². The second-order valence-electron chi connectivity index (χ2n) is 7.03. The number of piperidine rings is 1. The van der Waals surface area contributed by atoms with Crippen molar-refractivity contribution in [2.45, 2.75) is 63.3 Å². The molecule has 128 valence electrons. The van der Waals surface area contributed by atoms with Gasteiger partial charge in [0.05, 0.1) is 0 Å². The molecule has 1 saturated carbocycles. The van der Waals surface area contributed by atoms with Gasteiger partial charge in [-0.2, -0.15) is 11.8 Å². The Morgan fingerprint density at radius 2 is 2.00 bits per heavy atom.